The number of nitrogens with one attached hydrogen (secondary N) is 1. The lowest BCUT2D eigenvalue weighted by atomic mass is 10.2. The highest BCUT2D eigenvalue weighted by atomic mass is 35.5. The average molecular weight is 393 g/mol. The van der Waals surface area contributed by atoms with E-state index in [9.17, 15) is 19.3 Å². The third kappa shape index (κ3) is 3.80. The Morgan fingerprint density at radius 3 is 2.81 bits per heavy atom. The van der Waals surface area contributed by atoms with E-state index in [-0.39, 0.29) is 29.6 Å². The van der Waals surface area contributed by atoms with Crippen LogP contribution in [-0.2, 0) is 13.1 Å². The number of rotatable bonds is 6. The van der Waals surface area contributed by atoms with E-state index in [1.54, 1.807) is 25.1 Å². The predicted octanol–water partition coefficient (Wildman–Crippen LogP) is 3.10. The molecule has 1 N–H and O–H groups in total. The van der Waals surface area contributed by atoms with Crippen LogP contribution in [0.25, 0.3) is 0 Å². The molecule has 0 aliphatic carbocycles. The number of hydrogen-bond acceptors (Lipinski definition) is 5. The molecule has 1 aromatic carbocycles. The molecule has 11 heteroatoms. The van der Waals surface area contributed by atoms with Crippen LogP contribution in [0.4, 0.5) is 15.9 Å². The summed E-state index contributed by atoms with van der Waals surface area (Å²) in [7, 11) is 0. The Bertz CT molecular complexity index is 1020. The third-order valence-electron chi connectivity index (χ3n) is 3.77. The van der Waals surface area contributed by atoms with Gasteiger partial charge in [-0.15, -0.1) is 0 Å². The SMILES string of the molecule is CCn1ncc([N+](=O)[O-])c1C(=O)Nc1nn(Cc2ccccc2F)cc1Cl. The standard InChI is InChI=1S/C16H14ClFN6O3/c1-2-23-14(13(7-19-23)24(26)27)16(25)20-15-11(17)9-22(21-15)8-10-5-3-4-6-12(10)18/h3-7,9H,2,8H2,1H3,(H,20,21,25). The molecule has 0 atom stereocenters. The summed E-state index contributed by atoms with van der Waals surface area (Å²) in [6.07, 6.45) is 2.44. The fourth-order valence-electron chi connectivity index (χ4n) is 2.51. The first-order valence-corrected chi connectivity index (χ1v) is 8.26. The molecule has 27 heavy (non-hydrogen) atoms. The second-order valence-corrected chi connectivity index (χ2v) is 5.93. The van der Waals surface area contributed by atoms with Gasteiger partial charge in [-0.3, -0.25) is 24.3 Å². The van der Waals surface area contributed by atoms with Crippen LogP contribution in [0.1, 0.15) is 23.0 Å². The Hall–Kier alpha value is -3.27. The molecule has 0 spiro atoms. The fraction of sp³-hybridized carbons (Fsp3) is 0.188. The lowest BCUT2D eigenvalue weighted by Crippen LogP contribution is -2.19. The maximum atomic E-state index is 13.8. The summed E-state index contributed by atoms with van der Waals surface area (Å²) < 4.78 is 16.3. The molecule has 3 rings (SSSR count). The molecule has 0 saturated carbocycles. The monoisotopic (exact) mass is 392 g/mol. The van der Waals surface area contributed by atoms with E-state index in [0.29, 0.717) is 5.56 Å². The zero-order valence-electron chi connectivity index (χ0n) is 14.1. The highest BCUT2D eigenvalue weighted by Gasteiger charge is 2.27. The van der Waals surface area contributed by atoms with Crippen molar-refractivity contribution in [3.05, 3.63) is 68.9 Å². The van der Waals surface area contributed by atoms with Gasteiger partial charge in [0.15, 0.2) is 5.82 Å². The van der Waals surface area contributed by atoms with Crippen LogP contribution in [0.3, 0.4) is 0 Å². The molecule has 0 saturated heterocycles. The van der Waals surface area contributed by atoms with Gasteiger partial charge in [-0.1, -0.05) is 29.8 Å². The molecule has 2 heterocycles. The molecule has 0 aliphatic rings. The van der Waals surface area contributed by atoms with Crippen LogP contribution >= 0.6 is 11.6 Å². The second kappa shape index (κ2) is 7.54. The summed E-state index contributed by atoms with van der Waals surface area (Å²) in [5, 5.41) is 21.6. The van der Waals surface area contributed by atoms with Crippen molar-refractivity contribution in [3.63, 3.8) is 0 Å². The number of aromatic nitrogens is 4. The molecular formula is C16H14ClFN6O3. The molecule has 9 nitrogen and oxygen atoms in total. The number of hydrogen-bond donors (Lipinski definition) is 1. The number of aryl methyl sites for hydroxylation is 1. The molecule has 0 bridgehead atoms. The Labute approximate surface area is 157 Å². The maximum absolute atomic E-state index is 13.8. The minimum absolute atomic E-state index is 0.0103. The maximum Gasteiger partial charge on any atom is 0.320 e. The summed E-state index contributed by atoms with van der Waals surface area (Å²) in [4.78, 5) is 22.9. The quantitative estimate of drug-likeness (QED) is 0.512. The van der Waals surface area contributed by atoms with Crippen molar-refractivity contribution in [2.75, 3.05) is 5.32 Å². The van der Waals surface area contributed by atoms with Crippen LogP contribution < -0.4 is 5.32 Å². The first kappa shape index (κ1) is 18.5. The van der Waals surface area contributed by atoms with Crippen molar-refractivity contribution in [1.29, 1.82) is 0 Å². The van der Waals surface area contributed by atoms with Gasteiger partial charge in [-0.25, -0.2) is 4.39 Å². The van der Waals surface area contributed by atoms with Crippen molar-refractivity contribution < 1.29 is 14.1 Å². The summed E-state index contributed by atoms with van der Waals surface area (Å²) in [6, 6.07) is 6.20. The number of halogens is 2. The molecule has 140 valence electrons. The zero-order chi connectivity index (χ0) is 19.6. The van der Waals surface area contributed by atoms with Gasteiger partial charge in [0.05, 0.1) is 11.5 Å². The number of nitro groups is 1. The van der Waals surface area contributed by atoms with Crippen molar-refractivity contribution in [2.24, 2.45) is 0 Å². The van der Waals surface area contributed by atoms with Crippen LogP contribution in [0.15, 0.2) is 36.7 Å². The van der Waals surface area contributed by atoms with E-state index in [0.717, 1.165) is 6.20 Å². The number of benzene rings is 1. The van der Waals surface area contributed by atoms with Crippen LogP contribution in [0, 0.1) is 15.9 Å². The van der Waals surface area contributed by atoms with Gasteiger partial charge in [0, 0.05) is 18.3 Å². The number of carbonyl (C=O) groups is 1. The highest BCUT2D eigenvalue weighted by Crippen LogP contribution is 2.24. The number of anilines is 1. The van der Waals surface area contributed by atoms with E-state index in [1.807, 2.05) is 0 Å². The molecule has 0 fully saturated rings. The van der Waals surface area contributed by atoms with Gasteiger partial charge in [0.2, 0.25) is 5.69 Å². The molecular weight excluding hydrogens is 379 g/mol. The first-order chi connectivity index (χ1) is 12.9. The predicted molar refractivity (Wildman–Crippen MR) is 95.2 cm³/mol. The van der Waals surface area contributed by atoms with Crippen molar-refractivity contribution in [3.8, 4) is 0 Å². The molecule has 2 aromatic heterocycles. The summed E-state index contributed by atoms with van der Waals surface area (Å²) in [5.41, 5.74) is -0.229. The second-order valence-electron chi connectivity index (χ2n) is 5.52. The normalized spacial score (nSPS) is 10.8. The topological polar surface area (TPSA) is 108 Å². The van der Waals surface area contributed by atoms with Crippen LogP contribution in [0.2, 0.25) is 5.02 Å². The number of carbonyl (C=O) groups excluding carboxylic acids is 1. The van der Waals surface area contributed by atoms with Gasteiger partial charge < -0.3 is 5.32 Å². The number of amides is 1. The van der Waals surface area contributed by atoms with E-state index in [1.165, 1.54) is 21.6 Å². The van der Waals surface area contributed by atoms with E-state index in [2.05, 4.69) is 15.5 Å². The van der Waals surface area contributed by atoms with Crippen molar-refractivity contribution in [1.82, 2.24) is 19.6 Å². The summed E-state index contributed by atoms with van der Waals surface area (Å²) in [6.45, 7) is 2.07. The summed E-state index contributed by atoms with van der Waals surface area (Å²) >= 11 is 6.08. The van der Waals surface area contributed by atoms with Gasteiger partial charge in [-0.2, -0.15) is 10.2 Å². The van der Waals surface area contributed by atoms with Gasteiger partial charge in [0.25, 0.3) is 5.91 Å². The lowest BCUT2D eigenvalue weighted by molar-refractivity contribution is -0.385. The van der Waals surface area contributed by atoms with Crippen LogP contribution in [-0.4, -0.2) is 30.4 Å². The van der Waals surface area contributed by atoms with E-state index in [4.69, 9.17) is 11.6 Å². The zero-order valence-corrected chi connectivity index (χ0v) is 14.9. The highest BCUT2D eigenvalue weighted by molar-refractivity contribution is 6.33. The largest absolute Gasteiger partial charge is 0.320 e. The molecule has 0 radical (unpaired) electrons. The number of nitrogens with zero attached hydrogens (tertiary/aromatic N) is 5. The third-order valence-corrected chi connectivity index (χ3v) is 4.05. The van der Waals surface area contributed by atoms with Crippen molar-refractivity contribution in [2.45, 2.75) is 20.0 Å². The molecule has 1 amide bonds. The molecule has 0 unspecified atom stereocenters. The van der Waals surface area contributed by atoms with Gasteiger partial charge in [-0.05, 0) is 13.0 Å². The Morgan fingerprint density at radius 1 is 1.41 bits per heavy atom. The van der Waals surface area contributed by atoms with Crippen LogP contribution in [0.5, 0.6) is 0 Å². The van der Waals surface area contributed by atoms with Crippen molar-refractivity contribution >= 4 is 29.0 Å². The Balaban J connectivity index is 1.84. The Morgan fingerprint density at radius 2 is 2.15 bits per heavy atom. The average Bonchev–Trinajstić information content (AvgIpc) is 3.20. The summed E-state index contributed by atoms with van der Waals surface area (Å²) in [5.74, 6) is -1.15. The van der Waals surface area contributed by atoms with E-state index >= 15 is 0 Å². The fourth-order valence-corrected chi connectivity index (χ4v) is 2.71. The smallest absolute Gasteiger partial charge is 0.302 e. The lowest BCUT2D eigenvalue weighted by Gasteiger charge is -2.05. The first-order valence-electron chi connectivity index (χ1n) is 7.88. The van der Waals surface area contributed by atoms with Gasteiger partial charge >= 0.3 is 5.69 Å². The van der Waals surface area contributed by atoms with Gasteiger partial charge in [0.1, 0.15) is 17.0 Å². The minimum Gasteiger partial charge on any atom is -0.302 e. The minimum atomic E-state index is -0.765. The Kier molecular flexibility index (Phi) is 5.17. The molecule has 3 aromatic rings. The molecule has 0 aliphatic heterocycles. The van der Waals surface area contributed by atoms with E-state index < -0.39 is 22.3 Å².